The Kier molecular flexibility index (Phi) is 5.00. The predicted molar refractivity (Wildman–Crippen MR) is 83.0 cm³/mol. The van der Waals surface area contributed by atoms with Crippen molar-refractivity contribution in [2.24, 2.45) is 0 Å². The molecule has 2 rings (SSSR count). The van der Waals surface area contributed by atoms with Crippen molar-refractivity contribution in [3.8, 4) is 0 Å². The van der Waals surface area contributed by atoms with E-state index in [1.807, 2.05) is 0 Å². The third-order valence-corrected chi connectivity index (χ3v) is 3.71. The highest BCUT2D eigenvalue weighted by Crippen LogP contribution is 2.19. The van der Waals surface area contributed by atoms with Crippen molar-refractivity contribution in [1.29, 1.82) is 0 Å². The number of hydrogen-bond acceptors (Lipinski definition) is 4. The number of amides is 2. The van der Waals surface area contributed by atoms with Crippen LogP contribution in [0.1, 0.15) is 19.4 Å². The van der Waals surface area contributed by atoms with Crippen LogP contribution in [0.2, 0.25) is 0 Å². The first-order valence-corrected chi connectivity index (χ1v) is 7.32. The minimum absolute atomic E-state index is 0.0329. The Bertz CT molecular complexity index is 613. The lowest BCUT2D eigenvalue weighted by Gasteiger charge is -2.37. The van der Waals surface area contributed by atoms with E-state index in [0.29, 0.717) is 12.2 Å². The number of benzene rings is 1. The van der Waals surface area contributed by atoms with Crippen LogP contribution in [0.5, 0.6) is 0 Å². The lowest BCUT2D eigenvalue weighted by molar-refractivity contribution is -0.176. The van der Waals surface area contributed by atoms with Crippen molar-refractivity contribution in [1.82, 2.24) is 4.90 Å². The van der Waals surface area contributed by atoms with Gasteiger partial charge in [-0.1, -0.05) is 12.1 Å². The highest BCUT2D eigenvalue weighted by molar-refractivity contribution is 5.88. The summed E-state index contributed by atoms with van der Waals surface area (Å²) in [5.41, 5.74) is 0.106. The van der Waals surface area contributed by atoms with E-state index in [0.717, 1.165) is 5.56 Å². The lowest BCUT2D eigenvalue weighted by atomic mass is 10.0. The van der Waals surface area contributed by atoms with Crippen molar-refractivity contribution >= 4 is 23.5 Å². The molecule has 1 saturated heterocycles. The van der Waals surface area contributed by atoms with Gasteiger partial charge in [0.25, 0.3) is 0 Å². The molecular formula is C16H20N2O5. The molecule has 0 bridgehead atoms. The average molecular weight is 320 g/mol. The normalized spacial score (nSPS) is 20.9. The van der Waals surface area contributed by atoms with E-state index in [9.17, 15) is 19.5 Å². The van der Waals surface area contributed by atoms with Gasteiger partial charge >= 0.3 is 5.97 Å². The molecule has 23 heavy (non-hydrogen) atoms. The first kappa shape index (κ1) is 17.0. The number of nitrogens with one attached hydrogen (secondary N) is 1. The minimum Gasteiger partial charge on any atom is -0.479 e. The molecule has 1 aromatic rings. The maximum absolute atomic E-state index is 12.3. The number of anilines is 1. The monoisotopic (exact) mass is 320 g/mol. The Morgan fingerprint density at radius 3 is 2.52 bits per heavy atom. The summed E-state index contributed by atoms with van der Waals surface area (Å²) in [6.07, 6.45) is 0.177. The molecule has 0 spiro atoms. The molecule has 2 amide bonds. The molecule has 1 unspecified atom stereocenters. The summed E-state index contributed by atoms with van der Waals surface area (Å²) in [7, 11) is 0. The van der Waals surface area contributed by atoms with Crippen molar-refractivity contribution < 1.29 is 24.2 Å². The van der Waals surface area contributed by atoms with E-state index in [1.165, 1.54) is 18.7 Å². The van der Waals surface area contributed by atoms with Crippen molar-refractivity contribution in [3.63, 3.8) is 0 Å². The minimum atomic E-state index is -1.36. The van der Waals surface area contributed by atoms with E-state index < -0.39 is 11.6 Å². The highest BCUT2D eigenvalue weighted by atomic mass is 16.5. The molecule has 7 nitrogen and oxygen atoms in total. The summed E-state index contributed by atoms with van der Waals surface area (Å²) < 4.78 is 5.28. The van der Waals surface area contributed by atoms with Gasteiger partial charge in [0.1, 0.15) is 0 Å². The van der Waals surface area contributed by atoms with Crippen LogP contribution in [0.3, 0.4) is 0 Å². The molecule has 0 saturated carbocycles. The fourth-order valence-corrected chi connectivity index (χ4v) is 2.41. The number of aliphatic carboxylic acids is 1. The number of hydrogen-bond donors (Lipinski definition) is 2. The number of carbonyl (C=O) groups is 3. The number of nitrogens with zero attached hydrogens (tertiary/aromatic N) is 1. The van der Waals surface area contributed by atoms with Gasteiger partial charge in [-0.2, -0.15) is 0 Å². The Labute approximate surface area is 134 Å². The number of ether oxygens (including phenoxy) is 1. The van der Waals surface area contributed by atoms with Crippen LogP contribution < -0.4 is 5.32 Å². The van der Waals surface area contributed by atoms with Crippen LogP contribution in [-0.4, -0.2) is 53.1 Å². The molecule has 0 radical (unpaired) electrons. The molecule has 2 N–H and O–H groups in total. The quantitative estimate of drug-likeness (QED) is 0.859. The summed E-state index contributed by atoms with van der Waals surface area (Å²) in [4.78, 5) is 36.1. The summed E-state index contributed by atoms with van der Waals surface area (Å²) in [6.45, 7) is 3.51. The maximum atomic E-state index is 12.3. The van der Waals surface area contributed by atoms with Gasteiger partial charge in [0.15, 0.2) is 5.60 Å². The predicted octanol–water partition coefficient (Wildman–Crippen LogP) is 0.890. The van der Waals surface area contributed by atoms with Crippen LogP contribution in [-0.2, 0) is 25.5 Å². The van der Waals surface area contributed by atoms with Gasteiger partial charge in [0, 0.05) is 19.2 Å². The molecular weight excluding hydrogens is 300 g/mol. The van der Waals surface area contributed by atoms with E-state index in [-0.39, 0.29) is 31.4 Å². The summed E-state index contributed by atoms with van der Waals surface area (Å²) in [5, 5.41) is 11.8. The average Bonchev–Trinajstić information content (AvgIpc) is 2.48. The molecule has 7 heteroatoms. The maximum Gasteiger partial charge on any atom is 0.337 e. The van der Waals surface area contributed by atoms with Gasteiger partial charge in [-0.05, 0) is 24.6 Å². The van der Waals surface area contributed by atoms with E-state index in [2.05, 4.69) is 5.32 Å². The van der Waals surface area contributed by atoms with Gasteiger partial charge in [-0.25, -0.2) is 4.79 Å². The van der Waals surface area contributed by atoms with Crippen LogP contribution in [0.4, 0.5) is 5.69 Å². The van der Waals surface area contributed by atoms with Crippen molar-refractivity contribution in [2.75, 3.05) is 25.0 Å². The number of carbonyl (C=O) groups excluding carboxylic acids is 2. The van der Waals surface area contributed by atoms with E-state index >= 15 is 0 Å². The van der Waals surface area contributed by atoms with Gasteiger partial charge in [-0.15, -0.1) is 0 Å². The second-order valence-electron chi connectivity index (χ2n) is 5.75. The fourth-order valence-electron chi connectivity index (χ4n) is 2.41. The standard InChI is InChI=1S/C16H20N2O5/c1-11(19)17-13-5-3-12(4-6-13)9-14(20)18-7-8-23-16(2,10-18)15(21)22/h3-6H,7-10H2,1-2H3,(H,17,19)(H,21,22). The topological polar surface area (TPSA) is 95.9 Å². The summed E-state index contributed by atoms with van der Waals surface area (Å²) in [5.74, 6) is -1.38. The summed E-state index contributed by atoms with van der Waals surface area (Å²) in [6, 6.07) is 6.98. The van der Waals surface area contributed by atoms with Crippen LogP contribution in [0, 0.1) is 0 Å². The van der Waals surface area contributed by atoms with E-state index in [1.54, 1.807) is 24.3 Å². The molecule has 1 fully saturated rings. The fraction of sp³-hybridized carbons (Fsp3) is 0.438. The van der Waals surface area contributed by atoms with Gasteiger partial charge in [0.05, 0.1) is 19.6 Å². The van der Waals surface area contributed by atoms with Gasteiger partial charge in [-0.3, -0.25) is 9.59 Å². The van der Waals surface area contributed by atoms with E-state index in [4.69, 9.17) is 4.74 Å². The SMILES string of the molecule is CC(=O)Nc1ccc(CC(=O)N2CCOC(C)(C(=O)O)C2)cc1. The second-order valence-corrected chi connectivity index (χ2v) is 5.75. The number of rotatable bonds is 4. The summed E-state index contributed by atoms with van der Waals surface area (Å²) >= 11 is 0. The lowest BCUT2D eigenvalue weighted by Crippen LogP contribution is -2.56. The third-order valence-electron chi connectivity index (χ3n) is 3.71. The van der Waals surface area contributed by atoms with Gasteiger partial charge in [0.2, 0.25) is 11.8 Å². The smallest absolute Gasteiger partial charge is 0.337 e. The Morgan fingerprint density at radius 2 is 1.96 bits per heavy atom. The molecule has 1 aliphatic heterocycles. The van der Waals surface area contributed by atoms with Crippen molar-refractivity contribution in [3.05, 3.63) is 29.8 Å². The van der Waals surface area contributed by atoms with Crippen molar-refractivity contribution in [2.45, 2.75) is 25.9 Å². The Morgan fingerprint density at radius 1 is 1.30 bits per heavy atom. The Hall–Kier alpha value is -2.41. The zero-order chi connectivity index (χ0) is 17.0. The molecule has 1 atom stereocenters. The highest BCUT2D eigenvalue weighted by Gasteiger charge is 2.40. The molecule has 0 aromatic heterocycles. The van der Waals surface area contributed by atoms with Gasteiger partial charge < -0.3 is 20.1 Å². The number of carboxylic acid groups (broad SMARTS) is 1. The zero-order valence-electron chi connectivity index (χ0n) is 13.2. The molecule has 1 aliphatic rings. The molecule has 1 aromatic carbocycles. The first-order chi connectivity index (χ1) is 10.8. The molecule has 0 aliphatic carbocycles. The molecule has 1 heterocycles. The largest absolute Gasteiger partial charge is 0.479 e. The number of morpholine rings is 1. The van der Waals surface area contributed by atoms with Crippen LogP contribution in [0.15, 0.2) is 24.3 Å². The van der Waals surface area contributed by atoms with Crippen LogP contribution >= 0.6 is 0 Å². The third kappa shape index (κ3) is 4.29. The number of carboxylic acids is 1. The molecule has 124 valence electrons. The first-order valence-electron chi connectivity index (χ1n) is 7.32. The second kappa shape index (κ2) is 6.78. The zero-order valence-corrected chi connectivity index (χ0v) is 13.2. The Balaban J connectivity index is 1.98. The van der Waals surface area contributed by atoms with Crippen LogP contribution in [0.25, 0.3) is 0 Å².